The minimum atomic E-state index is -4.88. The first kappa shape index (κ1) is 59.3. The molecular weight excluding hydrogens is 899 g/mol. The van der Waals surface area contributed by atoms with Gasteiger partial charge >= 0.3 is 290 Å². The number of thioether (sulfide) groups is 3. The molecule has 0 aromatic carbocycles. The van der Waals surface area contributed by atoms with Crippen LogP contribution in [-0.2, 0) is 23.6 Å². The molecule has 0 N–H and O–H groups in total. The van der Waals surface area contributed by atoms with Gasteiger partial charge in [0.05, 0.1) is 0 Å². The monoisotopic (exact) mass is 997 g/mol. The molecule has 0 heterocycles. The molecule has 0 aromatic heterocycles. The van der Waals surface area contributed by atoms with Gasteiger partial charge in [0.2, 0.25) is 0 Å². The predicted octanol–water partition coefficient (Wildman–Crippen LogP) is 16.5. The molecule has 0 fully saturated rings. The molecule has 0 aliphatic rings. The number of rotatable bonds is 48. The van der Waals surface area contributed by atoms with Gasteiger partial charge in [0.1, 0.15) is 0 Å². The fourth-order valence-corrected chi connectivity index (χ4v) is 17.6. The van der Waals surface area contributed by atoms with Crippen molar-refractivity contribution in [3.8, 4) is 0 Å². The van der Waals surface area contributed by atoms with Crippen molar-refractivity contribution in [3.63, 3.8) is 0 Å². The third-order valence-corrected chi connectivity index (χ3v) is 21.4. The number of hydrogen-bond donors (Lipinski definition) is 0. The average Bonchev–Trinajstić information content (AvgIpc) is 3.22. The van der Waals surface area contributed by atoms with E-state index in [1.807, 2.05) is 0 Å². The first-order valence-electron chi connectivity index (χ1n) is 25.3. The summed E-state index contributed by atoms with van der Waals surface area (Å²) in [6.45, 7) is 8.85. The third-order valence-electron chi connectivity index (χ3n) is 11.0. The van der Waals surface area contributed by atoms with Crippen molar-refractivity contribution >= 4 is 72.8 Å². The van der Waals surface area contributed by atoms with Crippen molar-refractivity contribution in [2.45, 2.75) is 257 Å². The van der Waals surface area contributed by atoms with E-state index in [0.29, 0.717) is 10.9 Å². The van der Waals surface area contributed by atoms with E-state index in [1.54, 1.807) is 35.3 Å². The van der Waals surface area contributed by atoms with Crippen molar-refractivity contribution in [2.24, 2.45) is 0 Å². The molecule has 0 aliphatic heterocycles. The molecule has 0 spiro atoms. The number of unbranched alkanes of at least 4 members (excludes halogenated alkanes) is 31. The van der Waals surface area contributed by atoms with Crippen LogP contribution in [0.4, 0.5) is 0 Å². The summed E-state index contributed by atoms with van der Waals surface area (Å²) in [5, 5.41) is 0. The van der Waals surface area contributed by atoms with Crippen LogP contribution in [0.1, 0.15) is 252 Å². The third kappa shape index (κ3) is 43.3. The van der Waals surface area contributed by atoms with Crippen LogP contribution in [0.25, 0.3) is 0 Å². The van der Waals surface area contributed by atoms with E-state index in [1.165, 1.54) is 193 Å². The first-order valence-corrected chi connectivity index (χ1v) is 34.3. The first-order chi connectivity index (χ1) is 28.9. The van der Waals surface area contributed by atoms with Crippen LogP contribution in [0.3, 0.4) is 0 Å². The fraction of sp³-hybridized carbons (Fsp3) is 0.939. The molecule has 350 valence electrons. The fourth-order valence-electron chi connectivity index (χ4n) is 7.29. The SMILES string of the molecule is CCCCCCCCCCCCCSCC(=O)[O][Sn]([CH2]CCC)([O]C(=O)CSCCCCCCCCCCCCC)[O]C(=O)CSCCCCCCCCCCCCC. The molecule has 0 rings (SSSR count). The maximum atomic E-state index is 13.3. The number of carbonyl (C=O) groups is 3. The van der Waals surface area contributed by atoms with Crippen LogP contribution in [0.15, 0.2) is 0 Å². The molecule has 0 unspecified atom stereocenters. The van der Waals surface area contributed by atoms with Crippen molar-refractivity contribution in [3.05, 3.63) is 0 Å². The van der Waals surface area contributed by atoms with Gasteiger partial charge in [-0.3, -0.25) is 0 Å². The number of carbonyl (C=O) groups excluding carboxylic acids is 3. The summed E-state index contributed by atoms with van der Waals surface area (Å²) in [5.74, 6) is 2.04. The van der Waals surface area contributed by atoms with Crippen LogP contribution >= 0.6 is 35.3 Å². The Hall–Kier alpha value is 0.259. The molecule has 0 radical (unpaired) electrons. The molecule has 10 heteroatoms. The van der Waals surface area contributed by atoms with Gasteiger partial charge in [-0.1, -0.05) is 97.8 Å². The summed E-state index contributed by atoms with van der Waals surface area (Å²) in [6.07, 6.45) is 44.3. The van der Waals surface area contributed by atoms with Crippen LogP contribution in [0.5, 0.6) is 0 Å². The van der Waals surface area contributed by atoms with Gasteiger partial charge < -0.3 is 0 Å². The summed E-state index contributed by atoms with van der Waals surface area (Å²) >= 11 is -0.158. The summed E-state index contributed by atoms with van der Waals surface area (Å²) in [5.41, 5.74) is 0. The van der Waals surface area contributed by atoms with Crippen molar-refractivity contribution in [1.82, 2.24) is 0 Å². The van der Waals surface area contributed by atoms with Crippen LogP contribution in [-0.4, -0.2) is 72.0 Å². The molecule has 0 aromatic rings. The van der Waals surface area contributed by atoms with Crippen LogP contribution in [0.2, 0.25) is 4.44 Å². The van der Waals surface area contributed by atoms with Gasteiger partial charge in [0.25, 0.3) is 0 Å². The second-order valence-corrected chi connectivity index (χ2v) is 27.4. The van der Waals surface area contributed by atoms with Gasteiger partial charge in [-0.25, -0.2) is 0 Å². The van der Waals surface area contributed by atoms with E-state index in [4.69, 9.17) is 9.22 Å². The summed E-state index contributed by atoms with van der Waals surface area (Å²) < 4.78 is 18.6. The van der Waals surface area contributed by atoms with E-state index in [2.05, 4.69) is 27.7 Å². The van der Waals surface area contributed by atoms with Crippen LogP contribution in [0, 0.1) is 0 Å². The van der Waals surface area contributed by atoms with E-state index in [9.17, 15) is 14.4 Å². The Morgan fingerprint density at radius 3 is 0.729 bits per heavy atom. The Bertz CT molecular complexity index is 819. The van der Waals surface area contributed by atoms with E-state index in [0.717, 1.165) is 42.9 Å². The Balaban J connectivity index is 4.83. The van der Waals surface area contributed by atoms with Crippen molar-refractivity contribution in [1.29, 1.82) is 0 Å². The zero-order valence-corrected chi connectivity index (χ0v) is 44.7. The quantitative estimate of drug-likeness (QED) is 0.0437. The summed E-state index contributed by atoms with van der Waals surface area (Å²) in [4.78, 5) is 39.8. The van der Waals surface area contributed by atoms with E-state index >= 15 is 0 Å². The molecule has 0 amide bonds. The predicted molar refractivity (Wildman–Crippen MR) is 265 cm³/mol. The van der Waals surface area contributed by atoms with Gasteiger partial charge in [-0.15, -0.1) is 0 Å². The Morgan fingerprint density at radius 1 is 0.305 bits per heavy atom. The maximum absolute atomic E-state index is 13.3. The molecule has 0 saturated heterocycles. The Kier molecular flexibility index (Phi) is 47.9. The molecule has 0 saturated carbocycles. The summed E-state index contributed by atoms with van der Waals surface area (Å²) in [7, 11) is 0. The second kappa shape index (κ2) is 47.7. The van der Waals surface area contributed by atoms with Gasteiger partial charge in [0, 0.05) is 0 Å². The van der Waals surface area contributed by atoms with Crippen LogP contribution < -0.4 is 0 Å². The van der Waals surface area contributed by atoms with Crippen molar-refractivity contribution in [2.75, 3.05) is 34.5 Å². The van der Waals surface area contributed by atoms with E-state index < -0.39 is 37.5 Å². The standard InChI is InChI=1S/3C15H30O2S.C4H9.Sn/c3*1-2-3-4-5-6-7-8-9-10-11-12-13-18-14-15(16)17;1-3-4-2;/h3*2-14H2,1H3,(H,16,17);1,3-4H2,2H3;/q;;;;+3/p-3. The minimum absolute atomic E-state index is 0.193. The zero-order valence-electron chi connectivity index (χ0n) is 39.4. The average molecular weight is 996 g/mol. The molecule has 59 heavy (non-hydrogen) atoms. The summed E-state index contributed by atoms with van der Waals surface area (Å²) in [6, 6.07) is 0. The minimum Gasteiger partial charge on any atom is -0.0654 e. The Morgan fingerprint density at radius 2 is 0.508 bits per heavy atom. The van der Waals surface area contributed by atoms with Gasteiger partial charge in [-0.2, -0.15) is 0 Å². The van der Waals surface area contributed by atoms with E-state index in [-0.39, 0.29) is 17.3 Å². The Labute approximate surface area is 385 Å². The molecule has 0 bridgehead atoms. The second-order valence-electron chi connectivity index (χ2n) is 17.0. The molecule has 0 aliphatic carbocycles. The van der Waals surface area contributed by atoms with Gasteiger partial charge in [-0.05, 0) is 0 Å². The molecule has 0 atom stereocenters. The molecule has 6 nitrogen and oxygen atoms in total. The van der Waals surface area contributed by atoms with Gasteiger partial charge in [0.15, 0.2) is 0 Å². The topological polar surface area (TPSA) is 78.9 Å². The normalized spacial score (nSPS) is 11.6. The number of hydrogen-bond acceptors (Lipinski definition) is 9. The van der Waals surface area contributed by atoms with Crippen molar-refractivity contribution < 1.29 is 23.6 Å². The molecular formula is C49H96O6S3Sn. The zero-order chi connectivity index (χ0) is 43.2. The smallest absolute Gasteiger partial charge is 0.0654 e.